The maximum absolute atomic E-state index is 12.3. The Morgan fingerprint density at radius 3 is 2.48 bits per heavy atom. The molecular weight excluding hydrogens is 268 g/mol. The van der Waals surface area contributed by atoms with Crippen LogP contribution >= 0.6 is 0 Å². The molecule has 0 spiro atoms. The first-order valence-corrected chi connectivity index (χ1v) is 8.32. The van der Waals surface area contributed by atoms with Crippen molar-refractivity contribution in [3.05, 3.63) is 0 Å². The van der Waals surface area contributed by atoms with Crippen LogP contribution in [0.1, 0.15) is 59.3 Å². The number of likely N-dealkylation sites (tertiary alicyclic amines) is 1. The highest BCUT2D eigenvalue weighted by molar-refractivity contribution is 6.05. The maximum atomic E-state index is 12.3. The van der Waals surface area contributed by atoms with Crippen LogP contribution in [0.2, 0.25) is 0 Å². The summed E-state index contributed by atoms with van der Waals surface area (Å²) >= 11 is 0. The van der Waals surface area contributed by atoms with Gasteiger partial charge < -0.3 is 10.1 Å². The molecule has 1 heterocycles. The van der Waals surface area contributed by atoms with Crippen molar-refractivity contribution < 1.29 is 14.3 Å². The van der Waals surface area contributed by atoms with E-state index in [1.165, 1.54) is 4.90 Å². The van der Waals surface area contributed by atoms with Crippen molar-refractivity contribution in [3.63, 3.8) is 0 Å². The van der Waals surface area contributed by atoms with Crippen LogP contribution in [0.25, 0.3) is 0 Å². The monoisotopic (exact) mass is 298 g/mol. The van der Waals surface area contributed by atoms with Crippen LogP contribution in [-0.4, -0.2) is 48.6 Å². The van der Waals surface area contributed by atoms with E-state index in [9.17, 15) is 9.59 Å². The number of ether oxygens (including phenoxy) is 1. The number of hydrogen-bond acceptors (Lipinski definition) is 4. The Hall–Kier alpha value is -0.940. The van der Waals surface area contributed by atoms with Gasteiger partial charge in [0, 0.05) is 19.3 Å². The maximum Gasteiger partial charge on any atom is 0.247 e. The van der Waals surface area contributed by atoms with Gasteiger partial charge in [0.05, 0.1) is 12.5 Å². The molecule has 1 rings (SSSR count). The first kappa shape index (κ1) is 18.1. The van der Waals surface area contributed by atoms with Crippen molar-refractivity contribution >= 4 is 11.8 Å². The van der Waals surface area contributed by atoms with Gasteiger partial charge in [-0.05, 0) is 32.2 Å². The molecule has 0 aliphatic carbocycles. The molecule has 0 aromatic heterocycles. The Balaban J connectivity index is 2.28. The summed E-state index contributed by atoms with van der Waals surface area (Å²) < 4.78 is 5.48. The first-order chi connectivity index (χ1) is 10.2. The third-order valence-electron chi connectivity index (χ3n) is 3.99. The summed E-state index contributed by atoms with van der Waals surface area (Å²) in [7, 11) is 0. The molecule has 2 amide bonds. The number of carbonyl (C=O) groups excluding carboxylic acids is 2. The van der Waals surface area contributed by atoms with Gasteiger partial charge in [0.25, 0.3) is 0 Å². The largest absolute Gasteiger partial charge is 0.381 e. The topological polar surface area (TPSA) is 58.6 Å². The highest BCUT2D eigenvalue weighted by atomic mass is 16.5. The normalized spacial score (nSPS) is 19.0. The lowest BCUT2D eigenvalue weighted by Crippen LogP contribution is -2.43. The van der Waals surface area contributed by atoms with E-state index >= 15 is 0 Å². The molecule has 1 unspecified atom stereocenters. The fourth-order valence-electron chi connectivity index (χ4n) is 2.65. The predicted octanol–water partition coefficient (Wildman–Crippen LogP) is 2.10. The Morgan fingerprint density at radius 2 is 1.86 bits per heavy atom. The zero-order chi connectivity index (χ0) is 15.7. The van der Waals surface area contributed by atoms with E-state index in [2.05, 4.69) is 12.2 Å². The van der Waals surface area contributed by atoms with Crippen LogP contribution < -0.4 is 5.32 Å². The lowest BCUT2D eigenvalue weighted by molar-refractivity contribution is -0.141. The van der Waals surface area contributed by atoms with Gasteiger partial charge in [-0.1, -0.05) is 27.2 Å². The van der Waals surface area contributed by atoms with Gasteiger partial charge in [0.15, 0.2) is 0 Å². The molecule has 1 aliphatic rings. The summed E-state index contributed by atoms with van der Waals surface area (Å²) in [6.07, 6.45) is 5.05. The number of hydrogen-bond donors (Lipinski definition) is 1. The summed E-state index contributed by atoms with van der Waals surface area (Å²) in [6, 6.07) is -0.289. The van der Waals surface area contributed by atoms with E-state index in [-0.39, 0.29) is 23.9 Å². The standard InChI is InChI=1S/C16H30N2O3/c1-4-7-10-21-11-8-9-17-14-12-15(19)18(16(14)20)13(5-2)6-3/h13-14,17H,4-12H2,1-3H3. The third-order valence-corrected chi connectivity index (χ3v) is 3.99. The minimum Gasteiger partial charge on any atom is -0.381 e. The predicted molar refractivity (Wildman–Crippen MR) is 83.0 cm³/mol. The molecule has 0 aromatic carbocycles. The fraction of sp³-hybridized carbons (Fsp3) is 0.875. The van der Waals surface area contributed by atoms with Gasteiger partial charge in [-0.2, -0.15) is 0 Å². The van der Waals surface area contributed by atoms with E-state index in [1.807, 2.05) is 13.8 Å². The lowest BCUT2D eigenvalue weighted by Gasteiger charge is -2.24. The minimum absolute atomic E-state index is 0.0367. The molecule has 0 aromatic rings. The van der Waals surface area contributed by atoms with Crippen molar-refractivity contribution in [2.45, 2.75) is 71.4 Å². The number of rotatable bonds is 11. The SMILES string of the molecule is CCCCOCCCNC1CC(=O)N(C(CC)CC)C1=O. The summed E-state index contributed by atoms with van der Waals surface area (Å²) in [5.41, 5.74) is 0. The van der Waals surface area contributed by atoms with Crippen molar-refractivity contribution in [1.82, 2.24) is 10.2 Å². The second kappa shape index (κ2) is 9.90. The number of nitrogens with one attached hydrogen (secondary N) is 1. The molecule has 0 saturated carbocycles. The molecule has 5 nitrogen and oxygen atoms in total. The van der Waals surface area contributed by atoms with Crippen LogP contribution in [0.15, 0.2) is 0 Å². The van der Waals surface area contributed by atoms with Gasteiger partial charge in [-0.15, -0.1) is 0 Å². The van der Waals surface area contributed by atoms with E-state index in [4.69, 9.17) is 4.74 Å². The van der Waals surface area contributed by atoms with E-state index in [0.717, 1.165) is 38.7 Å². The Labute approximate surface area is 128 Å². The number of amides is 2. The molecule has 0 bridgehead atoms. The number of nitrogens with zero attached hydrogens (tertiary/aromatic N) is 1. The van der Waals surface area contributed by atoms with Crippen molar-refractivity contribution in [2.75, 3.05) is 19.8 Å². The number of carbonyl (C=O) groups is 2. The fourth-order valence-corrected chi connectivity index (χ4v) is 2.65. The Morgan fingerprint density at radius 1 is 1.19 bits per heavy atom. The zero-order valence-electron chi connectivity index (χ0n) is 13.7. The van der Waals surface area contributed by atoms with E-state index < -0.39 is 0 Å². The summed E-state index contributed by atoms with van der Waals surface area (Å²) in [4.78, 5) is 25.8. The second-order valence-corrected chi connectivity index (χ2v) is 5.60. The first-order valence-electron chi connectivity index (χ1n) is 8.32. The van der Waals surface area contributed by atoms with Gasteiger partial charge in [0.1, 0.15) is 0 Å². The van der Waals surface area contributed by atoms with Crippen LogP contribution in [0, 0.1) is 0 Å². The quantitative estimate of drug-likeness (QED) is 0.469. The van der Waals surface area contributed by atoms with E-state index in [1.54, 1.807) is 0 Å². The molecule has 5 heteroatoms. The summed E-state index contributed by atoms with van der Waals surface area (Å²) in [6.45, 7) is 8.40. The van der Waals surface area contributed by atoms with Crippen LogP contribution in [0.5, 0.6) is 0 Å². The number of unbranched alkanes of at least 4 members (excludes halogenated alkanes) is 1. The van der Waals surface area contributed by atoms with Crippen LogP contribution in [0.3, 0.4) is 0 Å². The highest BCUT2D eigenvalue weighted by Gasteiger charge is 2.40. The summed E-state index contributed by atoms with van der Waals surface area (Å²) in [5.74, 6) is -0.0917. The Bertz CT molecular complexity index is 329. The van der Waals surface area contributed by atoms with Crippen molar-refractivity contribution in [2.24, 2.45) is 0 Å². The van der Waals surface area contributed by atoms with Gasteiger partial charge in [0.2, 0.25) is 11.8 Å². The van der Waals surface area contributed by atoms with Crippen molar-refractivity contribution in [3.8, 4) is 0 Å². The second-order valence-electron chi connectivity index (χ2n) is 5.60. The molecule has 0 radical (unpaired) electrons. The van der Waals surface area contributed by atoms with E-state index in [0.29, 0.717) is 19.6 Å². The molecule has 122 valence electrons. The van der Waals surface area contributed by atoms with Gasteiger partial charge in [-0.3, -0.25) is 14.5 Å². The average Bonchev–Trinajstić information content (AvgIpc) is 2.75. The minimum atomic E-state index is -0.339. The smallest absolute Gasteiger partial charge is 0.247 e. The molecule has 1 N–H and O–H groups in total. The third kappa shape index (κ3) is 5.40. The molecule has 1 fully saturated rings. The average molecular weight is 298 g/mol. The van der Waals surface area contributed by atoms with Crippen molar-refractivity contribution in [1.29, 1.82) is 0 Å². The molecular formula is C16H30N2O3. The molecule has 1 saturated heterocycles. The van der Waals surface area contributed by atoms with Crippen LogP contribution in [0.4, 0.5) is 0 Å². The molecule has 21 heavy (non-hydrogen) atoms. The van der Waals surface area contributed by atoms with Crippen LogP contribution in [-0.2, 0) is 14.3 Å². The molecule has 1 aliphatic heterocycles. The molecule has 1 atom stereocenters. The Kier molecular flexibility index (Phi) is 8.54. The summed E-state index contributed by atoms with van der Waals surface area (Å²) in [5, 5.41) is 3.19. The van der Waals surface area contributed by atoms with Gasteiger partial charge >= 0.3 is 0 Å². The van der Waals surface area contributed by atoms with Gasteiger partial charge in [-0.25, -0.2) is 0 Å². The lowest BCUT2D eigenvalue weighted by atomic mass is 10.1. The highest BCUT2D eigenvalue weighted by Crippen LogP contribution is 2.20. The zero-order valence-corrected chi connectivity index (χ0v) is 13.7. The number of imide groups is 1.